The van der Waals surface area contributed by atoms with Crippen molar-refractivity contribution in [1.29, 1.82) is 0 Å². The topological polar surface area (TPSA) is 96.2 Å². The lowest BCUT2D eigenvalue weighted by molar-refractivity contribution is 0.0210. The van der Waals surface area contributed by atoms with Crippen LogP contribution in [0.5, 0.6) is 23.0 Å². The first-order chi connectivity index (χ1) is 12.4. The highest BCUT2D eigenvalue weighted by molar-refractivity contribution is 6.06. The summed E-state index contributed by atoms with van der Waals surface area (Å²) in [5, 5.41) is 30.4. The smallest absolute Gasteiger partial charge is 0.202 e. The Bertz CT molecular complexity index is 915. The van der Waals surface area contributed by atoms with Crippen molar-refractivity contribution in [2.24, 2.45) is 0 Å². The Kier molecular flexibility index (Phi) is 3.66. The molecule has 0 aromatic heterocycles. The van der Waals surface area contributed by atoms with Crippen molar-refractivity contribution in [1.82, 2.24) is 0 Å². The summed E-state index contributed by atoms with van der Waals surface area (Å²) >= 11 is 0. The number of aromatic hydroxyl groups is 2. The Labute approximate surface area is 149 Å². The van der Waals surface area contributed by atoms with E-state index >= 15 is 0 Å². The Morgan fingerprint density at radius 2 is 1.85 bits per heavy atom. The van der Waals surface area contributed by atoms with Crippen LogP contribution in [0.3, 0.4) is 0 Å². The maximum absolute atomic E-state index is 12.7. The number of carbonyl (C=O) groups is 1. The molecule has 2 heterocycles. The lowest BCUT2D eigenvalue weighted by atomic mass is 9.91. The van der Waals surface area contributed by atoms with E-state index in [1.165, 1.54) is 12.1 Å². The number of ketones is 1. The summed E-state index contributed by atoms with van der Waals surface area (Å²) in [7, 11) is 0. The van der Waals surface area contributed by atoms with Crippen LogP contribution in [-0.2, 0) is 6.42 Å². The molecule has 0 unspecified atom stereocenters. The number of aliphatic hydroxyl groups excluding tert-OH is 1. The van der Waals surface area contributed by atoms with Crippen molar-refractivity contribution in [3.8, 4) is 23.0 Å². The van der Waals surface area contributed by atoms with Gasteiger partial charge in [0.25, 0.3) is 0 Å². The van der Waals surface area contributed by atoms with Crippen LogP contribution in [0.4, 0.5) is 0 Å². The molecule has 0 amide bonds. The third-order valence-corrected chi connectivity index (χ3v) is 4.81. The quantitative estimate of drug-likeness (QED) is 0.718. The van der Waals surface area contributed by atoms with Gasteiger partial charge in [0, 0.05) is 18.1 Å². The van der Waals surface area contributed by atoms with Crippen molar-refractivity contribution in [2.75, 3.05) is 0 Å². The predicted octanol–water partition coefficient (Wildman–Crippen LogP) is 2.65. The van der Waals surface area contributed by atoms with E-state index in [2.05, 4.69) is 6.58 Å². The minimum absolute atomic E-state index is 0.0303. The first-order valence-electron chi connectivity index (χ1n) is 8.25. The van der Waals surface area contributed by atoms with Crippen molar-refractivity contribution in [2.45, 2.75) is 31.7 Å². The number of ether oxygens (including phenoxy) is 2. The van der Waals surface area contributed by atoms with Crippen LogP contribution < -0.4 is 9.47 Å². The molecule has 6 nitrogen and oxygen atoms in total. The van der Waals surface area contributed by atoms with Gasteiger partial charge in [-0.15, -0.1) is 0 Å². The number of hydrogen-bond acceptors (Lipinski definition) is 6. The first kappa shape index (κ1) is 16.5. The summed E-state index contributed by atoms with van der Waals surface area (Å²) in [4.78, 5) is 12.7. The summed E-state index contributed by atoms with van der Waals surface area (Å²) in [5.74, 6) is -0.141. The largest absolute Gasteiger partial charge is 0.508 e. The van der Waals surface area contributed by atoms with E-state index in [4.69, 9.17) is 9.47 Å². The monoisotopic (exact) mass is 354 g/mol. The van der Waals surface area contributed by atoms with E-state index in [-0.39, 0.29) is 28.9 Å². The molecule has 0 saturated carbocycles. The molecule has 0 saturated heterocycles. The molecule has 0 fully saturated rings. The lowest BCUT2D eigenvalue weighted by Crippen LogP contribution is -2.36. The molecule has 6 heteroatoms. The normalized spacial score (nSPS) is 23.6. The van der Waals surface area contributed by atoms with Gasteiger partial charge in [0.1, 0.15) is 34.7 Å². The van der Waals surface area contributed by atoms with Crippen LogP contribution in [0.2, 0.25) is 0 Å². The summed E-state index contributed by atoms with van der Waals surface area (Å²) in [6.07, 6.45) is -2.26. The second-order valence-corrected chi connectivity index (χ2v) is 6.67. The van der Waals surface area contributed by atoms with Crippen molar-refractivity contribution < 1.29 is 29.6 Å². The van der Waals surface area contributed by atoms with E-state index < -0.39 is 18.0 Å². The highest BCUT2D eigenvalue weighted by Crippen LogP contribution is 2.48. The number of hydrogen-bond donors (Lipinski definition) is 3. The second kappa shape index (κ2) is 5.78. The number of Topliss-reactive ketones (excluding diaryl/α,β-unsaturated/α-hetero) is 1. The van der Waals surface area contributed by atoms with E-state index in [9.17, 15) is 20.1 Å². The van der Waals surface area contributed by atoms with Crippen molar-refractivity contribution in [3.05, 3.63) is 59.2 Å². The fourth-order valence-corrected chi connectivity index (χ4v) is 3.35. The molecule has 0 spiro atoms. The minimum Gasteiger partial charge on any atom is -0.508 e. The number of carbonyl (C=O) groups excluding carboxylic acids is 1. The van der Waals surface area contributed by atoms with Gasteiger partial charge in [0.2, 0.25) is 5.78 Å². The van der Waals surface area contributed by atoms with E-state index in [0.29, 0.717) is 23.3 Å². The van der Waals surface area contributed by atoms with Crippen LogP contribution in [0, 0.1) is 0 Å². The number of fused-ring (bicyclic) bond motifs is 2. The molecule has 2 aliphatic heterocycles. The molecule has 134 valence electrons. The van der Waals surface area contributed by atoms with Crippen molar-refractivity contribution in [3.63, 3.8) is 0 Å². The first-order valence-corrected chi connectivity index (χ1v) is 8.25. The van der Waals surface area contributed by atoms with E-state index in [0.717, 1.165) is 5.57 Å². The van der Waals surface area contributed by atoms with Crippen LogP contribution in [-0.4, -0.2) is 33.3 Å². The fourth-order valence-electron chi connectivity index (χ4n) is 3.35. The molecule has 0 bridgehead atoms. The van der Waals surface area contributed by atoms with Crippen LogP contribution in [0.1, 0.15) is 34.5 Å². The minimum atomic E-state index is -1.46. The number of phenolic OH excluding ortho intramolecular Hbond substituents is 2. The van der Waals surface area contributed by atoms with Gasteiger partial charge in [0.05, 0.1) is 0 Å². The number of rotatable bonds is 2. The second-order valence-electron chi connectivity index (χ2n) is 6.67. The molecular formula is C20H18O6. The summed E-state index contributed by atoms with van der Waals surface area (Å²) in [5.41, 5.74) is 1.84. The predicted molar refractivity (Wildman–Crippen MR) is 92.9 cm³/mol. The lowest BCUT2D eigenvalue weighted by Gasteiger charge is -2.30. The fraction of sp³-hybridized carbons (Fsp3) is 0.250. The zero-order valence-electron chi connectivity index (χ0n) is 14.1. The summed E-state index contributed by atoms with van der Waals surface area (Å²) < 4.78 is 11.6. The molecule has 2 aliphatic rings. The zero-order chi connectivity index (χ0) is 18.6. The third kappa shape index (κ3) is 2.42. The van der Waals surface area contributed by atoms with E-state index in [1.54, 1.807) is 18.2 Å². The maximum Gasteiger partial charge on any atom is 0.202 e. The van der Waals surface area contributed by atoms with Gasteiger partial charge in [-0.1, -0.05) is 18.7 Å². The van der Waals surface area contributed by atoms with Gasteiger partial charge in [0.15, 0.2) is 12.2 Å². The average Bonchev–Trinajstić information content (AvgIpc) is 3.04. The number of benzene rings is 2. The van der Waals surface area contributed by atoms with Gasteiger partial charge < -0.3 is 24.8 Å². The standard InChI is InChI=1S/C20H18O6/c1-9(2)13-7-12-14(25-13)8-15-16(17(12)22)18(23)19(24)20(26-15)10-3-5-11(21)6-4-10/h3-6,8,13,19-22,24H,1,7H2,2H3/t13-,19+,20-/m1/s1. The zero-order valence-corrected chi connectivity index (χ0v) is 14.1. The summed E-state index contributed by atoms with van der Waals surface area (Å²) in [6, 6.07) is 7.62. The van der Waals surface area contributed by atoms with Gasteiger partial charge in [-0.3, -0.25) is 4.79 Å². The van der Waals surface area contributed by atoms with E-state index in [1.807, 2.05) is 6.92 Å². The molecule has 3 atom stereocenters. The molecule has 0 aliphatic carbocycles. The summed E-state index contributed by atoms with van der Waals surface area (Å²) in [6.45, 7) is 5.70. The van der Waals surface area contributed by atoms with Crippen LogP contribution in [0.25, 0.3) is 0 Å². The number of aliphatic hydroxyl groups is 1. The Morgan fingerprint density at radius 1 is 1.15 bits per heavy atom. The van der Waals surface area contributed by atoms with Crippen LogP contribution in [0.15, 0.2) is 42.5 Å². The molecule has 26 heavy (non-hydrogen) atoms. The molecule has 4 rings (SSSR count). The molecule has 2 aromatic carbocycles. The highest BCUT2D eigenvalue weighted by atomic mass is 16.5. The molecule has 2 aromatic rings. The number of phenols is 2. The Hall–Kier alpha value is -2.99. The SMILES string of the molecule is C=C(C)[C@H]1Cc2c(cc3c(c2O)C(=O)[C@H](O)[C@@H](c2ccc(O)cc2)O3)O1. The Morgan fingerprint density at radius 3 is 2.50 bits per heavy atom. The Balaban J connectivity index is 1.77. The molecular weight excluding hydrogens is 336 g/mol. The molecule has 3 N–H and O–H groups in total. The maximum atomic E-state index is 12.7. The average molecular weight is 354 g/mol. The highest BCUT2D eigenvalue weighted by Gasteiger charge is 2.41. The van der Waals surface area contributed by atoms with Gasteiger partial charge >= 0.3 is 0 Å². The van der Waals surface area contributed by atoms with Crippen LogP contribution >= 0.6 is 0 Å². The van der Waals surface area contributed by atoms with Gasteiger partial charge in [-0.25, -0.2) is 0 Å². The third-order valence-electron chi connectivity index (χ3n) is 4.81. The van der Waals surface area contributed by atoms with Gasteiger partial charge in [-0.05, 0) is 30.2 Å². The van der Waals surface area contributed by atoms with Crippen molar-refractivity contribution >= 4 is 5.78 Å². The van der Waals surface area contributed by atoms with Gasteiger partial charge in [-0.2, -0.15) is 0 Å². The molecule has 0 radical (unpaired) electrons.